The maximum Gasteiger partial charge on any atom is 0.253 e. The lowest BCUT2D eigenvalue weighted by Crippen LogP contribution is -2.49. The molecule has 7 heteroatoms. The quantitative estimate of drug-likeness (QED) is 0.742. The van der Waals surface area contributed by atoms with E-state index in [0.29, 0.717) is 31.7 Å². The predicted molar refractivity (Wildman–Crippen MR) is 117 cm³/mol. The fraction of sp³-hybridized carbons (Fsp3) is 0.625. The zero-order chi connectivity index (χ0) is 22.4. The van der Waals surface area contributed by atoms with E-state index in [1.807, 2.05) is 48.2 Å². The van der Waals surface area contributed by atoms with Crippen LogP contribution in [0.4, 0.5) is 0 Å². The molecule has 3 aliphatic rings. The normalized spacial score (nSPS) is 26.6. The Hall–Kier alpha value is -2.57. The summed E-state index contributed by atoms with van der Waals surface area (Å²) in [6.45, 7) is 4.15. The first-order chi connectivity index (χ1) is 14.7. The van der Waals surface area contributed by atoms with Crippen LogP contribution in [0.2, 0.25) is 0 Å². The lowest BCUT2D eigenvalue weighted by molar-refractivity contribution is -0.141. The number of likely N-dealkylation sites (tertiary alicyclic amines) is 2. The Kier molecular flexibility index (Phi) is 5.48. The highest BCUT2D eigenvalue weighted by molar-refractivity contribution is 5.94. The third-order valence-corrected chi connectivity index (χ3v) is 8.01. The lowest BCUT2D eigenvalue weighted by Gasteiger charge is -2.44. The molecule has 168 valence electrons. The number of amides is 3. The van der Waals surface area contributed by atoms with Crippen molar-refractivity contribution in [2.24, 2.45) is 16.7 Å². The van der Waals surface area contributed by atoms with E-state index in [1.165, 1.54) is 0 Å². The summed E-state index contributed by atoms with van der Waals surface area (Å²) in [4.78, 5) is 43.9. The van der Waals surface area contributed by atoms with Gasteiger partial charge in [-0.3, -0.25) is 14.4 Å². The molecule has 2 atom stereocenters. The third kappa shape index (κ3) is 3.48. The first-order valence-corrected chi connectivity index (χ1v) is 11.1. The lowest BCUT2D eigenvalue weighted by atomic mass is 9.65. The Morgan fingerprint density at radius 1 is 1.00 bits per heavy atom. The van der Waals surface area contributed by atoms with Crippen LogP contribution < -0.4 is 4.74 Å². The van der Waals surface area contributed by atoms with Crippen LogP contribution in [0.15, 0.2) is 24.3 Å². The van der Waals surface area contributed by atoms with Gasteiger partial charge in [0.1, 0.15) is 5.75 Å². The number of carbonyl (C=O) groups excluding carboxylic acids is 3. The van der Waals surface area contributed by atoms with Crippen LogP contribution in [-0.4, -0.2) is 79.8 Å². The molecule has 7 nitrogen and oxygen atoms in total. The fourth-order valence-electron chi connectivity index (χ4n) is 6.27. The van der Waals surface area contributed by atoms with Gasteiger partial charge in [0.2, 0.25) is 11.8 Å². The summed E-state index contributed by atoms with van der Waals surface area (Å²) in [6, 6.07) is 7.24. The first-order valence-electron chi connectivity index (χ1n) is 11.1. The van der Waals surface area contributed by atoms with E-state index < -0.39 is 5.41 Å². The van der Waals surface area contributed by atoms with Crippen LogP contribution in [0.25, 0.3) is 0 Å². The fourth-order valence-corrected chi connectivity index (χ4v) is 6.27. The van der Waals surface area contributed by atoms with Gasteiger partial charge in [0.05, 0.1) is 12.5 Å². The molecule has 1 aromatic rings. The number of methoxy groups -OCH3 is 1. The Morgan fingerprint density at radius 2 is 1.65 bits per heavy atom. The van der Waals surface area contributed by atoms with E-state index in [2.05, 4.69) is 0 Å². The zero-order valence-electron chi connectivity index (χ0n) is 19.0. The van der Waals surface area contributed by atoms with Crippen molar-refractivity contribution in [3.63, 3.8) is 0 Å². The molecule has 0 radical (unpaired) electrons. The molecule has 31 heavy (non-hydrogen) atoms. The molecule has 1 saturated carbocycles. The van der Waals surface area contributed by atoms with Crippen LogP contribution in [0.1, 0.15) is 43.0 Å². The van der Waals surface area contributed by atoms with E-state index in [1.54, 1.807) is 18.9 Å². The number of nitrogens with zero attached hydrogens (tertiary/aromatic N) is 3. The number of fused-ring (bicyclic) bond motifs is 2. The largest absolute Gasteiger partial charge is 0.497 e. The van der Waals surface area contributed by atoms with E-state index in [9.17, 15) is 14.4 Å². The van der Waals surface area contributed by atoms with Gasteiger partial charge in [-0.05, 0) is 61.3 Å². The number of ether oxygens (including phenoxy) is 1. The molecule has 1 aromatic carbocycles. The van der Waals surface area contributed by atoms with Gasteiger partial charge in [-0.25, -0.2) is 0 Å². The molecule has 4 rings (SSSR count). The smallest absolute Gasteiger partial charge is 0.253 e. The van der Waals surface area contributed by atoms with Crippen molar-refractivity contribution >= 4 is 17.7 Å². The van der Waals surface area contributed by atoms with Crippen molar-refractivity contribution in [1.29, 1.82) is 0 Å². The maximum atomic E-state index is 13.3. The number of benzene rings is 1. The van der Waals surface area contributed by atoms with E-state index in [4.69, 9.17) is 4.74 Å². The van der Waals surface area contributed by atoms with Crippen molar-refractivity contribution < 1.29 is 19.1 Å². The molecule has 2 saturated heterocycles. The van der Waals surface area contributed by atoms with Gasteiger partial charge in [-0.15, -0.1) is 0 Å². The molecule has 3 fully saturated rings. The van der Waals surface area contributed by atoms with Gasteiger partial charge in [0, 0.05) is 52.8 Å². The predicted octanol–water partition coefficient (Wildman–Crippen LogP) is 2.26. The van der Waals surface area contributed by atoms with Crippen molar-refractivity contribution in [3.8, 4) is 5.75 Å². The zero-order valence-corrected chi connectivity index (χ0v) is 19.0. The standard InChI is InChI=1S/C24H33N3O4/c1-17(28)27-15-20-23(9-10-24(20,16-27)22(30)25(2)3)11-13-26(14-12-23)21(29)18-5-7-19(31-4)8-6-18/h5-8,20H,9-16H2,1-4H3/t20-,24+/m1/s1. The van der Waals surface area contributed by atoms with Gasteiger partial charge in [-0.1, -0.05) is 0 Å². The molecule has 2 aliphatic heterocycles. The van der Waals surface area contributed by atoms with Crippen LogP contribution in [0, 0.1) is 16.7 Å². The Balaban J connectivity index is 1.51. The number of rotatable bonds is 3. The molecule has 3 amide bonds. The summed E-state index contributed by atoms with van der Waals surface area (Å²) in [5, 5.41) is 0. The SMILES string of the molecule is COc1ccc(C(=O)N2CCC3(CC2)CC[C@]2(C(=O)N(C)C)CN(C(C)=O)C[C@H]32)cc1. The van der Waals surface area contributed by atoms with Crippen molar-refractivity contribution in [2.75, 3.05) is 47.4 Å². The summed E-state index contributed by atoms with van der Waals surface area (Å²) in [7, 11) is 5.23. The Morgan fingerprint density at radius 3 is 2.19 bits per heavy atom. The number of carbonyl (C=O) groups is 3. The van der Waals surface area contributed by atoms with Gasteiger partial charge in [-0.2, -0.15) is 0 Å². The van der Waals surface area contributed by atoms with Crippen molar-refractivity contribution in [3.05, 3.63) is 29.8 Å². The van der Waals surface area contributed by atoms with Crippen molar-refractivity contribution in [1.82, 2.24) is 14.7 Å². The average molecular weight is 428 g/mol. The van der Waals surface area contributed by atoms with Gasteiger partial charge in [0.15, 0.2) is 0 Å². The molecule has 2 heterocycles. The van der Waals surface area contributed by atoms with Crippen LogP contribution in [0.3, 0.4) is 0 Å². The molecule has 0 bridgehead atoms. The van der Waals surface area contributed by atoms with Crippen molar-refractivity contribution in [2.45, 2.75) is 32.6 Å². The number of hydrogen-bond acceptors (Lipinski definition) is 4. The first kappa shape index (κ1) is 21.7. The van der Waals surface area contributed by atoms with Gasteiger partial charge < -0.3 is 19.4 Å². The number of hydrogen-bond donors (Lipinski definition) is 0. The summed E-state index contributed by atoms with van der Waals surface area (Å²) < 4.78 is 5.18. The van der Waals surface area contributed by atoms with Gasteiger partial charge in [0.25, 0.3) is 5.91 Å². The molecular weight excluding hydrogens is 394 g/mol. The number of piperidine rings is 1. The van der Waals surface area contributed by atoms with E-state index in [-0.39, 0.29) is 29.1 Å². The Bertz CT molecular complexity index is 873. The topological polar surface area (TPSA) is 70.2 Å². The second-order valence-corrected chi connectivity index (χ2v) is 9.69. The molecule has 1 spiro atoms. The summed E-state index contributed by atoms with van der Waals surface area (Å²) >= 11 is 0. The average Bonchev–Trinajstić information content (AvgIpc) is 3.31. The molecule has 0 unspecified atom stereocenters. The molecule has 1 aliphatic carbocycles. The van der Waals surface area contributed by atoms with Crippen LogP contribution in [0.5, 0.6) is 5.75 Å². The monoisotopic (exact) mass is 427 g/mol. The molecule has 0 aromatic heterocycles. The van der Waals surface area contributed by atoms with E-state index >= 15 is 0 Å². The minimum atomic E-state index is -0.475. The van der Waals surface area contributed by atoms with Gasteiger partial charge >= 0.3 is 0 Å². The molecular formula is C24H33N3O4. The minimum absolute atomic E-state index is 0.0204. The second kappa shape index (κ2) is 7.84. The second-order valence-electron chi connectivity index (χ2n) is 9.69. The van der Waals surface area contributed by atoms with E-state index in [0.717, 1.165) is 31.4 Å². The summed E-state index contributed by atoms with van der Waals surface area (Å²) in [6.07, 6.45) is 3.58. The third-order valence-electron chi connectivity index (χ3n) is 8.01. The van der Waals surface area contributed by atoms with Crippen LogP contribution >= 0.6 is 0 Å². The highest BCUT2D eigenvalue weighted by Crippen LogP contribution is 2.62. The highest BCUT2D eigenvalue weighted by atomic mass is 16.5. The maximum absolute atomic E-state index is 13.3. The molecule has 0 N–H and O–H groups in total. The summed E-state index contributed by atoms with van der Waals surface area (Å²) in [5.41, 5.74) is 0.216. The highest BCUT2D eigenvalue weighted by Gasteiger charge is 2.65. The Labute approximate surface area is 184 Å². The van der Waals surface area contributed by atoms with Crippen LogP contribution in [-0.2, 0) is 9.59 Å². The summed E-state index contributed by atoms with van der Waals surface area (Å²) in [5.74, 6) is 1.13. The minimum Gasteiger partial charge on any atom is -0.497 e.